The number of Topliss-reactive ketones (excluding diaryl/α,β-unsaturated/α-hetero) is 1. The van der Waals surface area contributed by atoms with Crippen molar-refractivity contribution in [3.8, 4) is 0 Å². The van der Waals surface area contributed by atoms with Crippen molar-refractivity contribution in [3.05, 3.63) is 16.1 Å². The molecule has 78 valence electrons. The summed E-state index contributed by atoms with van der Waals surface area (Å²) in [6.07, 6.45) is 1.16. The van der Waals surface area contributed by atoms with Gasteiger partial charge in [0.15, 0.2) is 15.6 Å². The zero-order valence-corrected chi connectivity index (χ0v) is 9.61. The Labute approximate surface area is 86.9 Å². The Morgan fingerprint density at radius 1 is 1.57 bits per heavy atom. The first-order valence-electron chi connectivity index (χ1n) is 3.97. The maximum Gasteiger partial charge on any atom is 0.154 e. The smallest absolute Gasteiger partial charge is 0.154 e. The Balaban J connectivity index is 2.58. The van der Waals surface area contributed by atoms with Gasteiger partial charge in [0.25, 0.3) is 0 Å². The molecule has 4 nitrogen and oxygen atoms in total. The number of carbonyl (C=O) groups excluding carboxylic acids is 1. The van der Waals surface area contributed by atoms with Crippen LogP contribution in [-0.2, 0) is 21.1 Å². The molecule has 0 spiro atoms. The summed E-state index contributed by atoms with van der Waals surface area (Å²) >= 11 is 1.45. The molecule has 0 N–H and O–H groups in total. The van der Waals surface area contributed by atoms with Gasteiger partial charge in [0.1, 0.15) is 5.75 Å². The first-order chi connectivity index (χ1) is 6.37. The Kier molecular flexibility index (Phi) is 3.38. The molecular weight excluding hydrogens is 222 g/mol. The topological polar surface area (TPSA) is 64.1 Å². The molecule has 0 atom stereocenters. The number of aromatic nitrogens is 1. The van der Waals surface area contributed by atoms with Crippen LogP contribution in [0.15, 0.2) is 5.38 Å². The fraction of sp³-hybridized carbons (Fsp3) is 0.500. The Hall–Kier alpha value is -0.750. The minimum absolute atomic E-state index is 0.109. The molecule has 0 bridgehead atoms. The van der Waals surface area contributed by atoms with E-state index in [2.05, 4.69) is 4.98 Å². The molecule has 1 heterocycles. The van der Waals surface area contributed by atoms with E-state index >= 15 is 0 Å². The highest BCUT2D eigenvalue weighted by Crippen LogP contribution is 2.08. The second-order valence-electron chi connectivity index (χ2n) is 3.14. The molecule has 0 unspecified atom stereocenters. The largest absolute Gasteiger partial charge is 0.298 e. The highest BCUT2D eigenvalue weighted by molar-refractivity contribution is 7.91. The quantitative estimate of drug-likeness (QED) is 0.764. The molecule has 0 amide bonds. The maximum atomic E-state index is 11.2. The lowest BCUT2D eigenvalue weighted by Gasteiger charge is -1.95. The van der Waals surface area contributed by atoms with Crippen LogP contribution >= 0.6 is 11.3 Å². The molecule has 1 aromatic rings. The summed E-state index contributed by atoms with van der Waals surface area (Å²) in [5.74, 6) is -0.707. The molecule has 0 aliphatic carbocycles. The third-order valence-corrected chi connectivity index (χ3v) is 3.14. The summed E-state index contributed by atoms with van der Waals surface area (Å²) in [5, 5.41) is 2.65. The summed E-state index contributed by atoms with van der Waals surface area (Å²) in [6, 6.07) is 0. The lowest BCUT2D eigenvalue weighted by atomic mass is 10.2. The average molecular weight is 233 g/mol. The monoisotopic (exact) mass is 233 g/mol. The molecule has 14 heavy (non-hydrogen) atoms. The first kappa shape index (κ1) is 11.3. The molecule has 0 fully saturated rings. The number of sulfone groups is 1. The number of hydrogen-bond acceptors (Lipinski definition) is 5. The summed E-state index contributed by atoms with van der Waals surface area (Å²) in [5.41, 5.74) is 0.654. The van der Waals surface area contributed by atoms with Gasteiger partial charge < -0.3 is 0 Å². The van der Waals surface area contributed by atoms with Gasteiger partial charge in [0, 0.05) is 11.6 Å². The van der Waals surface area contributed by atoms with Gasteiger partial charge in [0.2, 0.25) is 0 Å². The molecular formula is C8H11NO3S2. The van der Waals surface area contributed by atoms with Gasteiger partial charge in [0.05, 0.1) is 17.1 Å². The van der Waals surface area contributed by atoms with Crippen molar-refractivity contribution in [2.24, 2.45) is 0 Å². The molecule has 0 aliphatic rings. The Bertz CT molecular complexity index is 433. The standard InChI is InChI=1S/C8H11NO3S2/c1-6-9-7(4-13-6)3-8(10)5-14(2,11)12/h4H,3,5H2,1-2H3. The summed E-state index contributed by atoms with van der Waals surface area (Å²) in [7, 11) is -3.21. The number of carbonyl (C=O) groups is 1. The number of thiazole rings is 1. The molecule has 0 aromatic carbocycles. The van der Waals surface area contributed by atoms with Crippen molar-refractivity contribution in [1.82, 2.24) is 4.98 Å². The van der Waals surface area contributed by atoms with Crippen LogP contribution in [0.4, 0.5) is 0 Å². The van der Waals surface area contributed by atoms with Gasteiger partial charge in [-0.25, -0.2) is 13.4 Å². The lowest BCUT2D eigenvalue weighted by Crippen LogP contribution is -2.16. The number of aryl methyl sites for hydroxylation is 1. The van der Waals surface area contributed by atoms with Gasteiger partial charge in [-0.3, -0.25) is 4.79 Å². The van der Waals surface area contributed by atoms with Crippen molar-refractivity contribution in [2.45, 2.75) is 13.3 Å². The van der Waals surface area contributed by atoms with E-state index in [1.54, 1.807) is 5.38 Å². The van der Waals surface area contributed by atoms with Crippen molar-refractivity contribution in [3.63, 3.8) is 0 Å². The molecule has 0 radical (unpaired) electrons. The SMILES string of the molecule is Cc1nc(CC(=O)CS(C)(=O)=O)cs1. The van der Waals surface area contributed by atoms with E-state index in [1.165, 1.54) is 11.3 Å². The van der Waals surface area contributed by atoms with E-state index < -0.39 is 15.6 Å². The molecule has 0 saturated carbocycles. The van der Waals surface area contributed by atoms with Crippen molar-refractivity contribution < 1.29 is 13.2 Å². The van der Waals surface area contributed by atoms with E-state index in [9.17, 15) is 13.2 Å². The molecule has 0 saturated heterocycles. The third-order valence-electron chi connectivity index (χ3n) is 1.47. The van der Waals surface area contributed by atoms with Gasteiger partial charge in [-0.15, -0.1) is 11.3 Å². The first-order valence-corrected chi connectivity index (χ1v) is 6.91. The van der Waals surface area contributed by atoms with Crippen LogP contribution in [0.25, 0.3) is 0 Å². The van der Waals surface area contributed by atoms with Crippen LogP contribution in [0.5, 0.6) is 0 Å². The van der Waals surface area contributed by atoms with Gasteiger partial charge >= 0.3 is 0 Å². The van der Waals surface area contributed by atoms with Gasteiger partial charge in [-0.2, -0.15) is 0 Å². The van der Waals surface area contributed by atoms with Crippen LogP contribution in [0.3, 0.4) is 0 Å². The van der Waals surface area contributed by atoms with Gasteiger partial charge in [-0.1, -0.05) is 0 Å². The van der Waals surface area contributed by atoms with Crippen LogP contribution in [0, 0.1) is 6.92 Å². The molecule has 1 rings (SSSR count). The fourth-order valence-corrected chi connectivity index (χ4v) is 2.33. The molecule has 1 aromatic heterocycles. The number of rotatable bonds is 4. The van der Waals surface area contributed by atoms with Crippen molar-refractivity contribution in [1.29, 1.82) is 0 Å². The summed E-state index contributed by atoms with van der Waals surface area (Å²) < 4.78 is 21.6. The second-order valence-corrected chi connectivity index (χ2v) is 6.35. The van der Waals surface area contributed by atoms with Crippen LogP contribution in [0.2, 0.25) is 0 Å². The van der Waals surface area contributed by atoms with E-state index in [1.807, 2.05) is 6.92 Å². The van der Waals surface area contributed by atoms with Crippen LogP contribution < -0.4 is 0 Å². The maximum absolute atomic E-state index is 11.2. The van der Waals surface area contributed by atoms with Crippen molar-refractivity contribution >= 4 is 27.0 Å². The Morgan fingerprint density at radius 2 is 2.21 bits per heavy atom. The van der Waals surface area contributed by atoms with E-state index in [-0.39, 0.29) is 12.2 Å². The van der Waals surface area contributed by atoms with E-state index in [0.717, 1.165) is 11.3 Å². The number of ketones is 1. The highest BCUT2D eigenvalue weighted by atomic mass is 32.2. The number of nitrogens with zero attached hydrogens (tertiary/aromatic N) is 1. The zero-order valence-electron chi connectivity index (χ0n) is 7.98. The third kappa shape index (κ3) is 3.97. The molecule has 6 heteroatoms. The minimum atomic E-state index is -3.21. The second kappa shape index (κ2) is 4.18. The highest BCUT2D eigenvalue weighted by Gasteiger charge is 2.12. The zero-order chi connectivity index (χ0) is 10.8. The number of hydrogen-bond donors (Lipinski definition) is 0. The summed E-state index contributed by atoms with van der Waals surface area (Å²) in [4.78, 5) is 15.3. The Morgan fingerprint density at radius 3 is 2.64 bits per heavy atom. The molecule has 0 aliphatic heterocycles. The van der Waals surface area contributed by atoms with E-state index in [0.29, 0.717) is 5.69 Å². The summed E-state index contributed by atoms with van der Waals surface area (Å²) in [6.45, 7) is 1.84. The predicted molar refractivity (Wildman–Crippen MR) is 55.3 cm³/mol. The normalized spacial score (nSPS) is 11.6. The minimum Gasteiger partial charge on any atom is -0.298 e. The van der Waals surface area contributed by atoms with Crippen molar-refractivity contribution in [2.75, 3.05) is 12.0 Å². The lowest BCUT2D eigenvalue weighted by molar-refractivity contribution is -0.116. The van der Waals surface area contributed by atoms with Crippen LogP contribution in [-0.4, -0.2) is 31.2 Å². The van der Waals surface area contributed by atoms with Crippen LogP contribution in [0.1, 0.15) is 10.7 Å². The van der Waals surface area contributed by atoms with E-state index in [4.69, 9.17) is 0 Å². The predicted octanol–water partition coefficient (Wildman–Crippen LogP) is 0.608. The average Bonchev–Trinajstić information content (AvgIpc) is 2.30. The fourth-order valence-electron chi connectivity index (χ4n) is 1.03. The van der Waals surface area contributed by atoms with Gasteiger partial charge in [-0.05, 0) is 6.92 Å².